The quantitative estimate of drug-likeness (QED) is 0.710. The van der Waals surface area contributed by atoms with Crippen LogP contribution in [-0.2, 0) is 11.3 Å². The first kappa shape index (κ1) is 18.2. The normalized spacial score (nSPS) is 12.3. The Hall–Kier alpha value is -1.14. The van der Waals surface area contributed by atoms with Gasteiger partial charge in [-0.05, 0) is 48.8 Å². The number of benzene rings is 1. The average molecular weight is 374 g/mol. The van der Waals surface area contributed by atoms with Crippen LogP contribution in [0.3, 0.4) is 0 Å². The maximum absolute atomic E-state index is 11.2. The van der Waals surface area contributed by atoms with Gasteiger partial charge < -0.3 is 9.52 Å². The number of carboxylic acid groups (broad SMARTS) is 1. The van der Waals surface area contributed by atoms with Gasteiger partial charge in [-0.1, -0.05) is 23.2 Å². The molecule has 0 bridgehead atoms. The van der Waals surface area contributed by atoms with Crippen LogP contribution < -0.4 is 5.32 Å². The van der Waals surface area contributed by atoms with E-state index in [-0.39, 0.29) is 0 Å². The van der Waals surface area contributed by atoms with Crippen molar-refractivity contribution >= 4 is 40.9 Å². The summed E-state index contributed by atoms with van der Waals surface area (Å²) in [5.41, 5.74) is 0.822. The highest BCUT2D eigenvalue weighted by Crippen LogP contribution is 2.29. The molecule has 1 aromatic heterocycles. The lowest BCUT2D eigenvalue weighted by atomic mass is 10.2. The number of nitrogens with one attached hydrogen (secondary N) is 1. The van der Waals surface area contributed by atoms with Crippen LogP contribution in [0.25, 0.3) is 11.3 Å². The first-order valence-corrected chi connectivity index (χ1v) is 9.15. The number of hydrogen-bond donors (Lipinski definition) is 2. The maximum Gasteiger partial charge on any atom is 0.320 e. The minimum absolute atomic E-state index is 0.354. The van der Waals surface area contributed by atoms with Gasteiger partial charge in [0.05, 0.1) is 16.6 Å². The SMILES string of the molecule is CSCCC(NCc1ccc(-c2ccc(Cl)c(Cl)c2)o1)C(=O)O. The Kier molecular flexibility index (Phi) is 6.84. The third-order valence-corrected chi connectivity index (χ3v) is 4.68. The van der Waals surface area contributed by atoms with Gasteiger partial charge in [-0.3, -0.25) is 10.1 Å². The molecule has 0 saturated carbocycles. The van der Waals surface area contributed by atoms with E-state index >= 15 is 0 Å². The fraction of sp³-hybridized carbons (Fsp3) is 0.312. The van der Waals surface area contributed by atoms with Gasteiger partial charge in [0.25, 0.3) is 0 Å². The van der Waals surface area contributed by atoms with E-state index in [2.05, 4.69) is 5.32 Å². The van der Waals surface area contributed by atoms with E-state index in [4.69, 9.17) is 27.6 Å². The second-order valence-electron chi connectivity index (χ2n) is 4.95. The number of furan rings is 1. The minimum Gasteiger partial charge on any atom is -0.480 e. The van der Waals surface area contributed by atoms with Crippen LogP contribution >= 0.6 is 35.0 Å². The van der Waals surface area contributed by atoms with Gasteiger partial charge in [-0.15, -0.1) is 0 Å². The molecular formula is C16H17Cl2NO3S. The number of halogens is 2. The van der Waals surface area contributed by atoms with Gasteiger partial charge in [0.1, 0.15) is 17.6 Å². The molecular weight excluding hydrogens is 357 g/mol. The Morgan fingerprint density at radius 3 is 2.74 bits per heavy atom. The smallest absolute Gasteiger partial charge is 0.320 e. The molecule has 23 heavy (non-hydrogen) atoms. The number of rotatable bonds is 8. The number of hydrogen-bond acceptors (Lipinski definition) is 4. The van der Waals surface area contributed by atoms with Crippen molar-refractivity contribution in [1.29, 1.82) is 0 Å². The summed E-state index contributed by atoms with van der Waals surface area (Å²) in [6.07, 6.45) is 2.52. The monoisotopic (exact) mass is 373 g/mol. The highest BCUT2D eigenvalue weighted by atomic mass is 35.5. The van der Waals surface area contributed by atoms with Crippen LogP contribution in [0.15, 0.2) is 34.7 Å². The second-order valence-corrected chi connectivity index (χ2v) is 6.75. The Bertz CT molecular complexity index is 675. The van der Waals surface area contributed by atoms with E-state index in [9.17, 15) is 9.90 Å². The van der Waals surface area contributed by atoms with Gasteiger partial charge >= 0.3 is 5.97 Å². The zero-order valence-electron chi connectivity index (χ0n) is 12.5. The topological polar surface area (TPSA) is 62.5 Å². The van der Waals surface area contributed by atoms with E-state index in [1.54, 1.807) is 23.9 Å². The molecule has 2 rings (SSSR count). The summed E-state index contributed by atoms with van der Waals surface area (Å²) >= 11 is 13.5. The van der Waals surface area contributed by atoms with E-state index in [0.717, 1.165) is 11.3 Å². The Balaban J connectivity index is 2.01. The number of carboxylic acids is 1. The van der Waals surface area contributed by atoms with Crippen LogP contribution in [0.2, 0.25) is 10.0 Å². The lowest BCUT2D eigenvalue weighted by molar-refractivity contribution is -0.139. The van der Waals surface area contributed by atoms with E-state index in [1.165, 1.54) is 0 Å². The third-order valence-electron chi connectivity index (χ3n) is 3.30. The van der Waals surface area contributed by atoms with Crippen molar-refractivity contribution in [3.05, 3.63) is 46.1 Å². The molecule has 0 aliphatic carbocycles. The lowest BCUT2D eigenvalue weighted by Gasteiger charge is -2.12. The molecule has 0 aliphatic rings. The average Bonchev–Trinajstić information content (AvgIpc) is 2.98. The van der Waals surface area contributed by atoms with Gasteiger partial charge in [0, 0.05) is 5.56 Å². The predicted molar refractivity (Wildman–Crippen MR) is 95.4 cm³/mol. The standard InChI is InChI=1S/C16H17Cl2NO3S/c1-23-7-6-14(16(20)21)19-9-11-3-5-15(22-11)10-2-4-12(17)13(18)8-10/h2-5,8,14,19H,6-7,9H2,1H3,(H,20,21). The fourth-order valence-corrected chi connectivity index (χ4v) is 2.82. The first-order valence-electron chi connectivity index (χ1n) is 7.00. The van der Waals surface area contributed by atoms with Crippen molar-refractivity contribution in [1.82, 2.24) is 5.32 Å². The molecule has 4 nitrogen and oxygen atoms in total. The van der Waals surface area contributed by atoms with Crippen molar-refractivity contribution in [2.45, 2.75) is 19.0 Å². The van der Waals surface area contributed by atoms with Gasteiger partial charge in [-0.2, -0.15) is 11.8 Å². The maximum atomic E-state index is 11.2. The molecule has 0 spiro atoms. The molecule has 1 aromatic carbocycles. The summed E-state index contributed by atoms with van der Waals surface area (Å²) in [6.45, 7) is 0.354. The van der Waals surface area contributed by atoms with E-state index in [1.807, 2.05) is 24.5 Å². The molecule has 1 atom stereocenters. The molecule has 0 amide bonds. The van der Waals surface area contributed by atoms with Crippen molar-refractivity contribution in [2.75, 3.05) is 12.0 Å². The zero-order valence-corrected chi connectivity index (χ0v) is 14.8. The summed E-state index contributed by atoms with van der Waals surface area (Å²) in [4.78, 5) is 11.2. The molecule has 0 fully saturated rings. The van der Waals surface area contributed by atoms with Crippen LogP contribution in [0.1, 0.15) is 12.2 Å². The fourth-order valence-electron chi connectivity index (χ4n) is 2.05. The van der Waals surface area contributed by atoms with Crippen LogP contribution in [-0.4, -0.2) is 29.1 Å². The van der Waals surface area contributed by atoms with E-state index in [0.29, 0.717) is 34.5 Å². The molecule has 0 radical (unpaired) electrons. The van der Waals surface area contributed by atoms with Crippen molar-refractivity contribution in [3.63, 3.8) is 0 Å². The zero-order chi connectivity index (χ0) is 16.8. The van der Waals surface area contributed by atoms with Crippen molar-refractivity contribution in [2.24, 2.45) is 0 Å². The molecule has 0 aliphatic heterocycles. The van der Waals surface area contributed by atoms with Gasteiger partial charge in [0.15, 0.2) is 0 Å². The molecule has 1 heterocycles. The Morgan fingerprint density at radius 1 is 1.30 bits per heavy atom. The summed E-state index contributed by atoms with van der Waals surface area (Å²) in [6, 6.07) is 8.33. The second kappa shape index (κ2) is 8.64. The van der Waals surface area contributed by atoms with Gasteiger partial charge in [0.2, 0.25) is 0 Å². The number of carbonyl (C=O) groups is 1. The number of aliphatic carboxylic acids is 1. The lowest BCUT2D eigenvalue weighted by Crippen LogP contribution is -2.36. The molecule has 2 N–H and O–H groups in total. The number of thioether (sulfide) groups is 1. The molecule has 1 unspecified atom stereocenters. The third kappa shape index (κ3) is 5.18. The van der Waals surface area contributed by atoms with Crippen LogP contribution in [0.5, 0.6) is 0 Å². The van der Waals surface area contributed by atoms with Gasteiger partial charge in [-0.25, -0.2) is 0 Å². The Labute approximate surface area is 149 Å². The van der Waals surface area contributed by atoms with Crippen molar-refractivity contribution < 1.29 is 14.3 Å². The first-order chi connectivity index (χ1) is 11.0. The van der Waals surface area contributed by atoms with E-state index < -0.39 is 12.0 Å². The highest BCUT2D eigenvalue weighted by Gasteiger charge is 2.17. The minimum atomic E-state index is -0.852. The molecule has 2 aromatic rings. The highest BCUT2D eigenvalue weighted by molar-refractivity contribution is 7.98. The van der Waals surface area contributed by atoms with Crippen LogP contribution in [0, 0.1) is 0 Å². The molecule has 124 valence electrons. The Morgan fingerprint density at radius 2 is 2.09 bits per heavy atom. The summed E-state index contributed by atoms with van der Waals surface area (Å²) < 4.78 is 5.74. The molecule has 0 saturated heterocycles. The predicted octanol–water partition coefficient (Wildman–Crippen LogP) is 4.55. The molecule has 7 heteroatoms. The summed E-state index contributed by atoms with van der Waals surface area (Å²) in [7, 11) is 0. The summed E-state index contributed by atoms with van der Waals surface area (Å²) in [5.74, 6) is 1.27. The van der Waals surface area contributed by atoms with Crippen molar-refractivity contribution in [3.8, 4) is 11.3 Å². The summed E-state index contributed by atoms with van der Waals surface area (Å²) in [5, 5.41) is 13.1. The largest absolute Gasteiger partial charge is 0.480 e. The van der Waals surface area contributed by atoms with Crippen LogP contribution in [0.4, 0.5) is 0 Å².